The van der Waals surface area contributed by atoms with Gasteiger partial charge in [0.1, 0.15) is 19.0 Å². The first-order valence-electron chi connectivity index (χ1n) is 8.59. The van der Waals surface area contributed by atoms with Crippen molar-refractivity contribution in [1.29, 1.82) is 0 Å². The Morgan fingerprint density at radius 3 is 1.67 bits per heavy atom. The number of ether oxygens (including phenoxy) is 3. The maximum Gasteiger partial charge on any atom is 0.216 e. The van der Waals surface area contributed by atoms with Gasteiger partial charge in [-0.1, -0.05) is 27.7 Å². The summed E-state index contributed by atoms with van der Waals surface area (Å²) in [6, 6.07) is 6.33. The molecule has 24 heavy (non-hydrogen) atoms. The Morgan fingerprint density at radius 2 is 1.33 bits per heavy atom. The van der Waals surface area contributed by atoms with Gasteiger partial charge in [-0.05, 0) is 30.0 Å². The van der Waals surface area contributed by atoms with Crippen LogP contribution in [0.3, 0.4) is 0 Å². The molecule has 0 bridgehead atoms. The van der Waals surface area contributed by atoms with Crippen molar-refractivity contribution in [3.05, 3.63) is 29.3 Å². The van der Waals surface area contributed by atoms with Gasteiger partial charge < -0.3 is 14.2 Å². The number of hydrogen-bond acceptors (Lipinski definition) is 5. The molecule has 0 unspecified atom stereocenters. The summed E-state index contributed by atoms with van der Waals surface area (Å²) in [4.78, 5) is 9.40. The summed E-state index contributed by atoms with van der Waals surface area (Å²) in [6.07, 6.45) is 0. The van der Waals surface area contributed by atoms with E-state index in [4.69, 9.17) is 24.2 Å². The summed E-state index contributed by atoms with van der Waals surface area (Å²) in [5.74, 6) is 3.02. The lowest BCUT2D eigenvalue weighted by molar-refractivity contribution is 0.291. The second-order valence-corrected chi connectivity index (χ2v) is 7.06. The lowest BCUT2D eigenvalue weighted by Gasteiger charge is -2.09. The third-order valence-electron chi connectivity index (χ3n) is 4.52. The third kappa shape index (κ3) is 3.40. The highest BCUT2D eigenvalue weighted by molar-refractivity contribution is 6.01. The van der Waals surface area contributed by atoms with Crippen LogP contribution in [0.4, 0.5) is 0 Å². The van der Waals surface area contributed by atoms with E-state index in [2.05, 4.69) is 27.7 Å². The van der Waals surface area contributed by atoms with E-state index >= 15 is 0 Å². The molecule has 2 aliphatic heterocycles. The normalized spacial score (nSPS) is 23.1. The van der Waals surface area contributed by atoms with Crippen LogP contribution in [0.15, 0.2) is 28.2 Å². The first kappa shape index (κ1) is 16.8. The molecule has 5 heteroatoms. The van der Waals surface area contributed by atoms with Crippen molar-refractivity contribution in [3.8, 4) is 5.75 Å². The highest BCUT2D eigenvalue weighted by atomic mass is 16.5. The largest absolute Gasteiger partial charge is 0.497 e. The Morgan fingerprint density at radius 1 is 0.875 bits per heavy atom. The minimum absolute atomic E-state index is 0.208. The van der Waals surface area contributed by atoms with Gasteiger partial charge in [0.25, 0.3) is 0 Å². The Kier molecular flexibility index (Phi) is 4.78. The molecule has 0 fully saturated rings. The number of methoxy groups -OCH3 is 1. The molecule has 0 aromatic heterocycles. The molecule has 0 aliphatic carbocycles. The van der Waals surface area contributed by atoms with Crippen LogP contribution in [-0.2, 0) is 9.47 Å². The minimum atomic E-state index is 0.208. The average Bonchev–Trinajstić information content (AvgIpc) is 3.23. The van der Waals surface area contributed by atoms with Gasteiger partial charge in [0.2, 0.25) is 11.8 Å². The molecule has 1 aromatic rings. The Bertz CT molecular complexity index is 612. The number of aliphatic imine (C=N–C) groups is 2. The molecule has 5 nitrogen and oxygen atoms in total. The summed E-state index contributed by atoms with van der Waals surface area (Å²) in [6.45, 7) is 9.89. The summed E-state index contributed by atoms with van der Waals surface area (Å²) < 4.78 is 17.0. The summed E-state index contributed by atoms with van der Waals surface area (Å²) in [5.41, 5.74) is 1.82. The van der Waals surface area contributed by atoms with Gasteiger partial charge in [-0.2, -0.15) is 0 Å². The van der Waals surface area contributed by atoms with Crippen molar-refractivity contribution in [3.63, 3.8) is 0 Å². The second-order valence-electron chi connectivity index (χ2n) is 7.06. The van der Waals surface area contributed by atoms with E-state index in [0.29, 0.717) is 36.8 Å². The predicted octanol–water partition coefficient (Wildman–Crippen LogP) is 3.30. The molecule has 130 valence electrons. The maximum absolute atomic E-state index is 5.80. The van der Waals surface area contributed by atoms with Crippen LogP contribution in [0.1, 0.15) is 38.8 Å². The van der Waals surface area contributed by atoms with Crippen molar-refractivity contribution in [2.24, 2.45) is 21.8 Å². The van der Waals surface area contributed by atoms with Crippen molar-refractivity contribution >= 4 is 11.8 Å². The monoisotopic (exact) mass is 330 g/mol. The van der Waals surface area contributed by atoms with E-state index < -0.39 is 0 Å². The molecule has 0 saturated carbocycles. The van der Waals surface area contributed by atoms with Crippen LogP contribution in [0, 0.1) is 11.8 Å². The number of rotatable bonds is 5. The first-order chi connectivity index (χ1) is 11.5. The topological polar surface area (TPSA) is 52.4 Å². The van der Waals surface area contributed by atoms with Gasteiger partial charge in [0, 0.05) is 11.1 Å². The van der Waals surface area contributed by atoms with Crippen molar-refractivity contribution in [2.45, 2.75) is 39.8 Å². The zero-order chi connectivity index (χ0) is 17.3. The van der Waals surface area contributed by atoms with Gasteiger partial charge in [0.15, 0.2) is 0 Å². The van der Waals surface area contributed by atoms with Crippen LogP contribution in [-0.4, -0.2) is 44.2 Å². The molecule has 1 aromatic carbocycles. The van der Waals surface area contributed by atoms with E-state index in [9.17, 15) is 0 Å². The van der Waals surface area contributed by atoms with Crippen LogP contribution < -0.4 is 4.74 Å². The second kappa shape index (κ2) is 6.83. The summed E-state index contributed by atoms with van der Waals surface area (Å²) >= 11 is 0. The minimum Gasteiger partial charge on any atom is -0.497 e. The molecular weight excluding hydrogens is 304 g/mol. The fourth-order valence-electron chi connectivity index (χ4n) is 2.74. The van der Waals surface area contributed by atoms with Crippen molar-refractivity contribution < 1.29 is 14.2 Å². The highest BCUT2D eigenvalue weighted by Crippen LogP contribution is 2.25. The van der Waals surface area contributed by atoms with E-state index in [1.54, 1.807) is 7.11 Å². The first-order valence-corrected chi connectivity index (χ1v) is 8.59. The van der Waals surface area contributed by atoms with E-state index in [1.807, 2.05) is 18.2 Å². The van der Waals surface area contributed by atoms with Crippen molar-refractivity contribution in [1.82, 2.24) is 0 Å². The fourth-order valence-corrected chi connectivity index (χ4v) is 2.74. The molecule has 0 amide bonds. The molecule has 0 saturated heterocycles. The Hall–Kier alpha value is -2.04. The summed E-state index contributed by atoms with van der Waals surface area (Å²) in [7, 11) is 1.66. The van der Waals surface area contributed by atoms with Gasteiger partial charge in [0.05, 0.1) is 19.2 Å². The van der Waals surface area contributed by atoms with E-state index in [1.165, 1.54) is 0 Å². The SMILES string of the molecule is COc1cc(C2=N[C@@H](C(C)C)CO2)cc(C2=N[C@@H](C(C)C)CO2)c1. The molecule has 0 radical (unpaired) electrons. The molecule has 2 atom stereocenters. The third-order valence-corrected chi connectivity index (χ3v) is 4.52. The van der Waals surface area contributed by atoms with Crippen LogP contribution in [0.2, 0.25) is 0 Å². The smallest absolute Gasteiger partial charge is 0.216 e. The number of nitrogens with zero attached hydrogens (tertiary/aromatic N) is 2. The molecule has 0 spiro atoms. The van der Waals surface area contributed by atoms with Crippen LogP contribution in [0.25, 0.3) is 0 Å². The molecule has 2 aliphatic rings. The lowest BCUT2D eigenvalue weighted by Crippen LogP contribution is -2.13. The van der Waals surface area contributed by atoms with Crippen LogP contribution >= 0.6 is 0 Å². The lowest BCUT2D eigenvalue weighted by atomic mass is 10.1. The maximum atomic E-state index is 5.80. The Labute approximate surface area is 143 Å². The fraction of sp³-hybridized carbons (Fsp3) is 0.579. The van der Waals surface area contributed by atoms with E-state index in [-0.39, 0.29) is 12.1 Å². The van der Waals surface area contributed by atoms with Gasteiger partial charge in [-0.3, -0.25) is 0 Å². The van der Waals surface area contributed by atoms with E-state index in [0.717, 1.165) is 16.9 Å². The molecule has 3 rings (SSSR count). The molecular formula is C19H26N2O3. The Balaban J connectivity index is 1.93. The van der Waals surface area contributed by atoms with Gasteiger partial charge >= 0.3 is 0 Å². The quantitative estimate of drug-likeness (QED) is 0.832. The predicted molar refractivity (Wildman–Crippen MR) is 95.2 cm³/mol. The summed E-state index contributed by atoms with van der Waals surface area (Å²) in [5, 5.41) is 0. The standard InChI is InChI=1S/C19H26N2O3/c1-11(2)16-9-23-18(20-16)13-6-14(8-15(7-13)22-5)19-21-17(10-24-19)12(3)4/h6-8,11-12,16-17H,9-10H2,1-5H3/t16-,17-/m1/s1. The highest BCUT2D eigenvalue weighted by Gasteiger charge is 2.26. The average molecular weight is 330 g/mol. The number of benzene rings is 1. The molecule has 2 heterocycles. The van der Waals surface area contributed by atoms with Gasteiger partial charge in [-0.15, -0.1) is 0 Å². The van der Waals surface area contributed by atoms with Crippen molar-refractivity contribution in [2.75, 3.05) is 20.3 Å². The van der Waals surface area contributed by atoms with Crippen LogP contribution in [0.5, 0.6) is 5.75 Å². The van der Waals surface area contributed by atoms with Gasteiger partial charge in [-0.25, -0.2) is 9.98 Å². The zero-order valence-corrected chi connectivity index (χ0v) is 15.1. The molecule has 0 N–H and O–H groups in total. The number of hydrogen-bond donors (Lipinski definition) is 0. The zero-order valence-electron chi connectivity index (χ0n) is 15.1.